The van der Waals surface area contributed by atoms with Gasteiger partial charge in [0.25, 0.3) is 0 Å². The maximum absolute atomic E-state index is 12.3. The standard InChI is InChI=1S/C11H21O3P/c1-5-9-10-11(6-2)15(12,13-7-3)14-8-4/h6,10H,2,5,7-9H2,1,3-4H3/b11-10-. The Morgan fingerprint density at radius 2 is 1.80 bits per heavy atom. The molecule has 0 N–H and O–H groups in total. The van der Waals surface area contributed by atoms with Crippen molar-refractivity contribution in [1.29, 1.82) is 0 Å². The second-order valence-corrected chi connectivity index (χ2v) is 4.98. The van der Waals surface area contributed by atoms with Crippen LogP contribution in [0.4, 0.5) is 0 Å². The van der Waals surface area contributed by atoms with Gasteiger partial charge in [-0.1, -0.05) is 32.1 Å². The monoisotopic (exact) mass is 232 g/mol. The average molecular weight is 232 g/mol. The predicted octanol–water partition coefficient (Wildman–Crippen LogP) is 4.12. The molecular formula is C11H21O3P. The second-order valence-electron chi connectivity index (χ2n) is 2.95. The van der Waals surface area contributed by atoms with Crippen molar-refractivity contribution in [3.05, 3.63) is 24.0 Å². The summed E-state index contributed by atoms with van der Waals surface area (Å²) in [5.41, 5.74) is 0. The van der Waals surface area contributed by atoms with Crippen LogP contribution in [0.3, 0.4) is 0 Å². The molecule has 88 valence electrons. The summed E-state index contributed by atoms with van der Waals surface area (Å²) < 4.78 is 22.7. The molecule has 0 aromatic rings. The SMILES string of the molecule is C=C/C(=C/CCC)P(=O)(OCC)OCC. The van der Waals surface area contributed by atoms with Crippen molar-refractivity contribution in [2.24, 2.45) is 0 Å². The van der Waals surface area contributed by atoms with Crippen molar-refractivity contribution >= 4 is 7.60 Å². The van der Waals surface area contributed by atoms with E-state index in [1.807, 2.05) is 6.08 Å². The average Bonchev–Trinajstić information content (AvgIpc) is 2.19. The maximum atomic E-state index is 12.3. The van der Waals surface area contributed by atoms with E-state index >= 15 is 0 Å². The van der Waals surface area contributed by atoms with Gasteiger partial charge >= 0.3 is 7.60 Å². The van der Waals surface area contributed by atoms with E-state index in [9.17, 15) is 4.57 Å². The minimum absolute atomic E-state index is 0.370. The Hall–Kier alpha value is -0.370. The maximum Gasteiger partial charge on any atom is 0.360 e. The quantitative estimate of drug-likeness (QED) is 0.466. The summed E-state index contributed by atoms with van der Waals surface area (Å²) in [6.45, 7) is 10.0. The van der Waals surface area contributed by atoms with E-state index < -0.39 is 7.60 Å². The Morgan fingerprint density at radius 1 is 1.27 bits per heavy atom. The molecule has 0 atom stereocenters. The van der Waals surface area contributed by atoms with Crippen LogP contribution >= 0.6 is 7.60 Å². The van der Waals surface area contributed by atoms with Crippen molar-refractivity contribution in [2.45, 2.75) is 33.6 Å². The van der Waals surface area contributed by atoms with Crippen LogP contribution in [0, 0.1) is 0 Å². The minimum Gasteiger partial charge on any atom is -0.306 e. The molecular weight excluding hydrogens is 211 g/mol. The zero-order chi connectivity index (χ0) is 11.7. The molecule has 3 nitrogen and oxygen atoms in total. The summed E-state index contributed by atoms with van der Waals surface area (Å²) in [6.07, 6.45) is 5.28. The Morgan fingerprint density at radius 3 is 2.13 bits per heavy atom. The normalized spacial score (nSPS) is 12.9. The van der Waals surface area contributed by atoms with Gasteiger partial charge in [0.15, 0.2) is 0 Å². The van der Waals surface area contributed by atoms with Crippen LogP contribution in [0.2, 0.25) is 0 Å². The van der Waals surface area contributed by atoms with E-state index in [0.717, 1.165) is 12.8 Å². The summed E-state index contributed by atoms with van der Waals surface area (Å²) in [5.74, 6) is 0. The zero-order valence-corrected chi connectivity index (χ0v) is 10.8. The molecule has 0 spiro atoms. The lowest BCUT2D eigenvalue weighted by Crippen LogP contribution is -1.97. The van der Waals surface area contributed by atoms with Crippen LogP contribution < -0.4 is 0 Å². The van der Waals surface area contributed by atoms with Crippen molar-refractivity contribution in [3.8, 4) is 0 Å². The highest BCUT2D eigenvalue weighted by atomic mass is 31.2. The zero-order valence-electron chi connectivity index (χ0n) is 9.86. The first-order valence-electron chi connectivity index (χ1n) is 5.36. The lowest BCUT2D eigenvalue weighted by Gasteiger charge is -2.17. The summed E-state index contributed by atoms with van der Waals surface area (Å²) in [4.78, 5) is 0. The molecule has 0 saturated heterocycles. The van der Waals surface area contributed by atoms with Gasteiger partial charge in [0.2, 0.25) is 0 Å². The summed E-state index contributed by atoms with van der Waals surface area (Å²) in [5, 5.41) is 0.577. The van der Waals surface area contributed by atoms with Gasteiger partial charge in [-0.15, -0.1) is 0 Å². The highest BCUT2D eigenvalue weighted by Crippen LogP contribution is 2.56. The fourth-order valence-corrected chi connectivity index (χ4v) is 2.75. The molecule has 0 radical (unpaired) electrons. The summed E-state index contributed by atoms with van der Waals surface area (Å²) in [7, 11) is -3.12. The molecule has 15 heavy (non-hydrogen) atoms. The summed E-state index contributed by atoms with van der Waals surface area (Å²) in [6, 6.07) is 0. The summed E-state index contributed by atoms with van der Waals surface area (Å²) >= 11 is 0. The topological polar surface area (TPSA) is 35.5 Å². The number of allylic oxidation sites excluding steroid dienone is 3. The fourth-order valence-electron chi connectivity index (χ4n) is 1.13. The molecule has 0 fully saturated rings. The Bertz CT molecular complexity index is 249. The Kier molecular flexibility index (Phi) is 7.67. The van der Waals surface area contributed by atoms with E-state index in [0.29, 0.717) is 18.5 Å². The predicted molar refractivity (Wildman–Crippen MR) is 64.0 cm³/mol. The third-order valence-corrected chi connectivity index (χ3v) is 3.96. The molecule has 0 aliphatic carbocycles. The first-order valence-corrected chi connectivity index (χ1v) is 6.91. The van der Waals surface area contributed by atoms with Crippen molar-refractivity contribution in [2.75, 3.05) is 13.2 Å². The first-order chi connectivity index (χ1) is 7.14. The van der Waals surface area contributed by atoms with Gasteiger partial charge in [0.05, 0.1) is 18.5 Å². The number of rotatable bonds is 8. The van der Waals surface area contributed by atoms with Gasteiger partial charge in [0, 0.05) is 0 Å². The molecule has 0 aliphatic rings. The molecule has 0 bridgehead atoms. The van der Waals surface area contributed by atoms with Crippen LogP contribution in [0.15, 0.2) is 24.0 Å². The van der Waals surface area contributed by atoms with Crippen molar-refractivity contribution < 1.29 is 13.6 Å². The Labute approximate surface area is 92.7 Å². The lowest BCUT2D eigenvalue weighted by atomic mass is 10.3. The van der Waals surface area contributed by atoms with Gasteiger partial charge in [-0.2, -0.15) is 0 Å². The van der Waals surface area contributed by atoms with Gasteiger partial charge < -0.3 is 9.05 Å². The molecule has 0 aromatic carbocycles. The second kappa shape index (κ2) is 7.86. The number of hydrogen-bond acceptors (Lipinski definition) is 3. The van der Waals surface area contributed by atoms with Crippen LogP contribution in [0.5, 0.6) is 0 Å². The van der Waals surface area contributed by atoms with E-state index in [-0.39, 0.29) is 0 Å². The molecule has 0 saturated carbocycles. The minimum atomic E-state index is -3.12. The molecule has 0 amide bonds. The largest absolute Gasteiger partial charge is 0.360 e. The number of unbranched alkanes of at least 4 members (excludes halogenated alkanes) is 1. The third-order valence-electron chi connectivity index (χ3n) is 1.77. The Balaban J connectivity index is 4.84. The van der Waals surface area contributed by atoms with E-state index in [2.05, 4.69) is 13.5 Å². The van der Waals surface area contributed by atoms with Crippen molar-refractivity contribution in [1.82, 2.24) is 0 Å². The third kappa shape index (κ3) is 4.78. The first kappa shape index (κ1) is 14.6. The molecule has 4 heteroatoms. The molecule has 0 rings (SSSR count). The lowest BCUT2D eigenvalue weighted by molar-refractivity contribution is 0.227. The van der Waals surface area contributed by atoms with Crippen LogP contribution in [0.25, 0.3) is 0 Å². The van der Waals surface area contributed by atoms with E-state index in [1.165, 1.54) is 0 Å². The smallest absolute Gasteiger partial charge is 0.306 e. The van der Waals surface area contributed by atoms with E-state index in [4.69, 9.17) is 9.05 Å². The molecule has 0 heterocycles. The van der Waals surface area contributed by atoms with Gasteiger partial charge in [-0.05, 0) is 20.3 Å². The molecule has 0 aromatic heterocycles. The van der Waals surface area contributed by atoms with Gasteiger partial charge in [0.1, 0.15) is 0 Å². The van der Waals surface area contributed by atoms with Crippen LogP contribution in [-0.4, -0.2) is 13.2 Å². The molecule has 0 unspecified atom stereocenters. The van der Waals surface area contributed by atoms with Crippen LogP contribution in [-0.2, 0) is 13.6 Å². The van der Waals surface area contributed by atoms with Crippen LogP contribution in [0.1, 0.15) is 33.6 Å². The molecule has 0 aliphatic heterocycles. The highest BCUT2D eigenvalue weighted by molar-refractivity contribution is 7.58. The van der Waals surface area contributed by atoms with Gasteiger partial charge in [-0.3, -0.25) is 4.57 Å². The number of hydrogen-bond donors (Lipinski definition) is 0. The highest BCUT2D eigenvalue weighted by Gasteiger charge is 2.26. The fraction of sp³-hybridized carbons (Fsp3) is 0.636. The van der Waals surface area contributed by atoms with Crippen molar-refractivity contribution in [3.63, 3.8) is 0 Å². The van der Waals surface area contributed by atoms with Gasteiger partial charge in [-0.25, -0.2) is 0 Å². The van der Waals surface area contributed by atoms with E-state index in [1.54, 1.807) is 19.9 Å².